The monoisotopic (exact) mass is 472 g/mol. The van der Waals surface area contributed by atoms with Crippen LogP contribution < -0.4 is 4.90 Å². The van der Waals surface area contributed by atoms with E-state index in [1.165, 1.54) is 34.4 Å². The van der Waals surface area contributed by atoms with Gasteiger partial charge in [-0.1, -0.05) is 30.4 Å². The minimum atomic E-state index is -3.46. The summed E-state index contributed by atoms with van der Waals surface area (Å²) in [6.45, 7) is 2.51. The van der Waals surface area contributed by atoms with Gasteiger partial charge in [-0.25, -0.2) is 22.8 Å². The molecule has 0 saturated heterocycles. The highest BCUT2D eigenvalue weighted by atomic mass is 32.2. The Hall–Kier alpha value is -3.11. The van der Waals surface area contributed by atoms with Gasteiger partial charge in [0.25, 0.3) is 5.91 Å². The summed E-state index contributed by atoms with van der Waals surface area (Å²) in [5.41, 5.74) is 0.448. The topological polar surface area (TPSA) is 85.2 Å². The van der Waals surface area contributed by atoms with Crippen LogP contribution in [-0.4, -0.2) is 41.2 Å². The van der Waals surface area contributed by atoms with Crippen LogP contribution in [0.25, 0.3) is 10.2 Å². The Balaban J connectivity index is 1.68. The summed E-state index contributed by atoms with van der Waals surface area (Å²) in [5, 5.41) is 0.365. The zero-order valence-electron chi connectivity index (χ0n) is 17.3. The number of sulfone groups is 1. The smallest absolute Gasteiger partial charge is 0.260 e. The zero-order chi connectivity index (χ0) is 22.7. The van der Waals surface area contributed by atoms with Gasteiger partial charge in [-0.15, -0.1) is 0 Å². The second-order valence-electron chi connectivity index (χ2n) is 7.13. The quantitative estimate of drug-likeness (QED) is 0.384. The van der Waals surface area contributed by atoms with Gasteiger partial charge >= 0.3 is 0 Å². The molecule has 7 nitrogen and oxygen atoms in total. The Bertz CT molecular complexity index is 1350. The first-order chi connectivity index (χ1) is 15.4. The number of fused-ring (bicyclic) bond motifs is 1. The van der Waals surface area contributed by atoms with Gasteiger partial charge in [-0.2, -0.15) is 0 Å². The first-order valence-electron chi connectivity index (χ1n) is 10.0. The molecule has 2 heterocycles. The molecule has 0 N–H and O–H groups in total. The van der Waals surface area contributed by atoms with Crippen LogP contribution >= 0.6 is 11.3 Å². The standard InChI is InChI=1S/C22H21FN4O3S2/c1-2-32(29,30)17-7-3-6-16(14-17)21(28)27(12-5-11-26-13-10-24-15-26)22-25-20-18(23)8-4-9-19(20)31-22/h3-4,6-10,13-15H,2,5,11-12H2,1H3. The summed E-state index contributed by atoms with van der Waals surface area (Å²) >= 11 is 1.22. The fourth-order valence-electron chi connectivity index (χ4n) is 3.28. The summed E-state index contributed by atoms with van der Waals surface area (Å²) < 4.78 is 41.3. The number of benzene rings is 2. The molecule has 0 aliphatic heterocycles. The molecule has 2 aromatic carbocycles. The Morgan fingerprint density at radius 1 is 1.22 bits per heavy atom. The highest BCUT2D eigenvalue weighted by molar-refractivity contribution is 7.91. The molecule has 4 aromatic rings. The number of aromatic nitrogens is 3. The summed E-state index contributed by atoms with van der Waals surface area (Å²) in [5.74, 6) is -0.897. The molecule has 0 unspecified atom stereocenters. The molecule has 0 atom stereocenters. The van der Waals surface area contributed by atoms with E-state index in [2.05, 4.69) is 9.97 Å². The van der Waals surface area contributed by atoms with Gasteiger partial charge in [0.1, 0.15) is 11.3 Å². The van der Waals surface area contributed by atoms with E-state index >= 15 is 0 Å². The van der Waals surface area contributed by atoms with Crippen LogP contribution in [0.5, 0.6) is 0 Å². The van der Waals surface area contributed by atoms with Crippen molar-refractivity contribution in [2.24, 2.45) is 0 Å². The van der Waals surface area contributed by atoms with Crippen molar-refractivity contribution in [3.05, 3.63) is 72.6 Å². The molecule has 0 spiro atoms. The molecule has 2 aromatic heterocycles. The molecule has 166 valence electrons. The molecule has 0 aliphatic rings. The largest absolute Gasteiger partial charge is 0.337 e. The number of hydrogen-bond donors (Lipinski definition) is 0. The third-order valence-corrected chi connectivity index (χ3v) is 7.79. The predicted molar refractivity (Wildman–Crippen MR) is 122 cm³/mol. The van der Waals surface area contributed by atoms with Gasteiger partial charge in [-0.3, -0.25) is 9.69 Å². The number of halogens is 1. The van der Waals surface area contributed by atoms with E-state index in [-0.39, 0.29) is 27.6 Å². The van der Waals surface area contributed by atoms with Crippen molar-refractivity contribution >= 4 is 42.4 Å². The fourth-order valence-corrected chi connectivity index (χ4v) is 5.21. The number of imidazole rings is 1. The number of carbonyl (C=O) groups is 1. The number of carbonyl (C=O) groups excluding carboxylic acids is 1. The molecule has 4 rings (SSSR count). The molecular formula is C22H21FN4O3S2. The Morgan fingerprint density at radius 3 is 2.75 bits per heavy atom. The molecule has 1 amide bonds. The molecule has 0 saturated carbocycles. The van der Waals surface area contributed by atoms with Crippen molar-refractivity contribution in [3.63, 3.8) is 0 Å². The second kappa shape index (κ2) is 9.17. The molecule has 32 heavy (non-hydrogen) atoms. The summed E-state index contributed by atoms with van der Waals surface area (Å²) in [6.07, 6.45) is 5.81. The maximum absolute atomic E-state index is 14.2. The van der Waals surface area contributed by atoms with E-state index in [1.807, 2.05) is 10.8 Å². The number of nitrogens with zero attached hydrogens (tertiary/aromatic N) is 4. The molecule has 0 fully saturated rings. The predicted octanol–water partition coefficient (Wildman–Crippen LogP) is 4.16. The number of hydrogen-bond acceptors (Lipinski definition) is 6. The van der Waals surface area contributed by atoms with Gasteiger partial charge in [0.05, 0.1) is 21.7 Å². The minimum absolute atomic E-state index is 0.0591. The average Bonchev–Trinajstić information content (AvgIpc) is 3.47. The van der Waals surface area contributed by atoms with E-state index < -0.39 is 15.7 Å². The van der Waals surface area contributed by atoms with E-state index in [0.29, 0.717) is 29.3 Å². The van der Waals surface area contributed by atoms with Crippen LogP contribution in [0.15, 0.2) is 66.1 Å². The van der Waals surface area contributed by atoms with Crippen molar-refractivity contribution in [1.82, 2.24) is 14.5 Å². The summed E-state index contributed by atoms with van der Waals surface area (Å²) in [6, 6.07) is 10.7. The van der Waals surface area contributed by atoms with Crippen molar-refractivity contribution in [2.75, 3.05) is 17.2 Å². The zero-order valence-corrected chi connectivity index (χ0v) is 18.9. The summed E-state index contributed by atoms with van der Waals surface area (Å²) in [7, 11) is -3.46. The third kappa shape index (κ3) is 4.56. The Labute approximate surface area is 189 Å². The first-order valence-corrected chi connectivity index (χ1v) is 12.5. The van der Waals surface area contributed by atoms with E-state index in [0.717, 1.165) is 0 Å². The lowest BCUT2D eigenvalue weighted by Gasteiger charge is -2.20. The lowest BCUT2D eigenvalue weighted by atomic mass is 10.2. The lowest BCUT2D eigenvalue weighted by molar-refractivity contribution is 0.0986. The maximum atomic E-state index is 14.2. The van der Waals surface area contributed by atoms with Crippen LogP contribution in [0, 0.1) is 5.82 Å². The molecule has 0 aliphatic carbocycles. The number of amides is 1. The van der Waals surface area contributed by atoms with Crippen molar-refractivity contribution < 1.29 is 17.6 Å². The lowest BCUT2D eigenvalue weighted by Crippen LogP contribution is -2.32. The van der Waals surface area contributed by atoms with E-state index in [4.69, 9.17) is 0 Å². The Kier molecular flexibility index (Phi) is 6.33. The maximum Gasteiger partial charge on any atom is 0.260 e. The first kappa shape index (κ1) is 22.1. The van der Waals surface area contributed by atoms with Gasteiger partial charge in [-0.05, 0) is 36.8 Å². The van der Waals surface area contributed by atoms with Crippen LogP contribution in [-0.2, 0) is 16.4 Å². The van der Waals surface area contributed by atoms with Crippen molar-refractivity contribution in [1.29, 1.82) is 0 Å². The number of aryl methyl sites for hydroxylation is 1. The molecule has 0 radical (unpaired) electrons. The molecule has 0 bridgehead atoms. The Morgan fingerprint density at radius 2 is 2.03 bits per heavy atom. The number of para-hydroxylation sites is 1. The van der Waals surface area contributed by atoms with Crippen LogP contribution in [0.1, 0.15) is 23.7 Å². The highest BCUT2D eigenvalue weighted by Crippen LogP contribution is 2.31. The van der Waals surface area contributed by atoms with Crippen molar-refractivity contribution in [2.45, 2.75) is 24.8 Å². The van der Waals surface area contributed by atoms with E-state index in [1.54, 1.807) is 43.7 Å². The van der Waals surface area contributed by atoms with Crippen molar-refractivity contribution in [3.8, 4) is 0 Å². The van der Waals surface area contributed by atoms with Gasteiger partial charge in [0, 0.05) is 31.0 Å². The minimum Gasteiger partial charge on any atom is -0.337 e. The number of anilines is 1. The second-order valence-corrected chi connectivity index (χ2v) is 10.4. The third-order valence-electron chi connectivity index (χ3n) is 5.01. The summed E-state index contributed by atoms with van der Waals surface area (Å²) in [4.78, 5) is 23.4. The van der Waals surface area contributed by atoms with Gasteiger partial charge in [0.15, 0.2) is 15.0 Å². The van der Waals surface area contributed by atoms with Crippen LogP contribution in [0.4, 0.5) is 9.52 Å². The average molecular weight is 473 g/mol. The van der Waals surface area contributed by atoms with Crippen LogP contribution in [0.2, 0.25) is 0 Å². The number of rotatable bonds is 8. The van der Waals surface area contributed by atoms with Gasteiger partial charge < -0.3 is 4.57 Å². The normalized spacial score (nSPS) is 11.7. The van der Waals surface area contributed by atoms with E-state index in [9.17, 15) is 17.6 Å². The molecule has 10 heteroatoms. The fraction of sp³-hybridized carbons (Fsp3) is 0.227. The molecular weight excluding hydrogens is 451 g/mol. The highest BCUT2D eigenvalue weighted by Gasteiger charge is 2.23. The van der Waals surface area contributed by atoms with Gasteiger partial charge in [0.2, 0.25) is 0 Å². The SMILES string of the molecule is CCS(=O)(=O)c1cccc(C(=O)N(CCCn2ccnc2)c2nc3c(F)cccc3s2)c1. The number of thiazole rings is 1. The van der Waals surface area contributed by atoms with Crippen LogP contribution in [0.3, 0.4) is 0 Å².